The molecule has 0 bridgehead atoms. The van der Waals surface area contributed by atoms with E-state index in [1.807, 2.05) is 11.9 Å². The Bertz CT molecular complexity index is 1040. The SMILES string of the molecule is CN(C(=O)c1ccc(NC2=NS(=O)(=O)c3ccccc32)cc1)C1CCCCCC1. The summed E-state index contributed by atoms with van der Waals surface area (Å²) in [5.74, 6) is 0.324. The number of amides is 1. The zero-order chi connectivity index (χ0) is 20.4. The maximum absolute atomic E-state index is 12.9. The van der Waals surface area contributed by atoms with Crippen LogP contribution in [0.1, 0.15) is 54.4 Å². The summed E-state index contributed by atoms with van der Waals surface area (Å²) in [5, 5.41) is 3.07. The summed E-state index contributed by atoms with van der Waals surface area (Å²) >= 11 is 0. The summed E-state index contributed by atoms with van der Waals surface area (Å²) in [6.07, 6.45) is 6.99. The molecule has 0 saturated heterocycles. The fourth-order valence-electron chi connectivity index (χ4n) is 4.04. The summed E-state index contributed by atoms with van der Waals surface area (Å²) in [4.78, 5) is 14.9. The minimum Gasteiger partial charge on any atom is -0.339 e. The lowest BCUT2D eigenvalue weighted by Gasteiger charge is -2.27. The smallest absolute Gasteiger partial charge is 0.285 e. The third kappa shape index (κ3) is 4.05. The van der Waals surface area contributed by atoms with Gasteiger partial charge in [0.05, 0.1) is 0 Å². The van der Waals surface area contributed by atoms with Crippen LogP contribution in [0.3, 0.4) is 0 Å². The maximum Gasteiger partial charge on any atom is 0.285 e. The Balaban J connectivity index is 1.48. The molecule has 0 spiro atoms. The second-order valence-electron chi connectivity index (χ2n) is 7.67. The van der Waals surface area contributed by atoms with Crippen molar-refractivity contribution in [2.75, 3.05) is 12.4 Å². The number of amidine groups is 1. The van der Waals surface area contributed by atoms with E-state index in [1.165, 1.54) is 25.7 Å². The Labute approximate surface area is 171 Å². The van der Waals surface area contributed by atoms with Crippen LogP contribution in [0.25, 0.3) is 0 Å². The molecule has 6 nitrogen and oxygen atoms in total. The molecule has 0 radical (unpaired) electrons. The van der Waals surface area contributed by atoms with Gasteiger partial charge in [0.25, 0.3) is 15.9 Å². The molecule has 0 unspecified atom stereocenters. The molecule has 1 heterocycles. The summed E-state index contributed by atoms with van der Waals surface area (Å²) in [6.45, 7) is 0. The number of sulfonamides is 1. The average molecular weight is 412 g/mol. The van der Waals surface area contributed by atoms with E-state index in [9.17, 15) is 13.2 Å². The summed E-state index contributed by atoms with van der Waals surface area (Å²) in [5.41, 5.74) is 1.87. The van der Waals surface area contributed by atoms with Gasteiger partial charge in [-0.3, -0.25) is 4.79 Å². The molecule has 2 aromatic carbocycles. The minimum atomic E-state index is -3.66. The largest absolute Gasteiger partial charge is 0.339 e. The number of anilines is 1. The molecule has 1 saturated carbocycles. The number of benzene rings is 2. The lowest BCUT2D eigenvalue weighted by Crippen LogP contribution is -2.36. The van der Waals surface area contributed by atoms with Gasteiger partial charge in [-0.25, -0.2) is 0 Å². The van der Waals surface area contributed by atoms with Crippen LogP contribution in [0.4, 0.5) is 5.69 Å². The molecule has 2 aliphatic rings. The highest BCUT2D eigenvalue weighted by Gasteiger charge is 2.28. The highest BCUT2D eigenvalue weighted by atomic mass is 32.2. The van der Waals surface area contributed by atoms with Crippen molar-refractivity contribution in [2.24, 2.45) is 4.40 Å². The van der Waals surface area contributed by atoms with Gasteiger partial charge in [-0.2, -0.15) is 8.42 Å². The van der Waals surface area contributed by atoms with Crippen LogP contribution in [0.15, 0.2) is 57.8 Å². The molecule has 1 fully saturated rings. The summed E-state index contributed by atoms with van der Waals surface area (Å²) < 4.78 is 28.2. The molecular weight excluding hydrogens is 386 g/mol. The van der Waals surface area contributed by atoms with Crippen molar-refractivity contribution >= 4 is 27.5 Å². The lowest BCUT2D eigenvalue weighted by atomic mass is 10.1. The van der Waals surface area contributed by atoms with Crippen LogP contribution in [-0.2, 0) is 10.0 Å². The van der Waals surface area contributed by atoms with E-state index in [1.54, 1.807) is 48.5 Å². The van der Waals surface area contributed by atoms with Gasteiger partial charge in [0.2, 0.25) is 0 Å². The average Bonchev–Trinajstić information content (AvgIpc) is 2.90. The monoisotopic (exact) mass is 411 g/mol. The minimum absolute atomic E-state index is 0.0228. The standard InChI is InChI=1S/C22H25N3O3S/c1-25(18-8-4-2-3-5-9-18)22(26)16-12-14-17(15-13-16)23-21-19-10-6-7-11-20(19)29(27,28)24-21/h6-7,10-15,18H,2-5,8-9H2,1H3,(H,23,24). The number of rotatable bonds is 3. The Hall–Kier alpha value is -2.67. The number of nitrogens with zero attached hydrogens (tertiary/aromatic N) is 2. The molecule has 29 heavy (non-hydrogen) atoms. The van der Waals surface area contributed by atoms with Gasteiger partial charge in [-0.1, -0.05) is 37.8 Å². The number of carbonyl (C=O) groups excluding carboxylic acids is 1. The van der Waals surface area contributed by atoms with Gasteiger partial charge in [0.15, 0.2) is 5.84 Å². The number of nitrogens with one attached hydrogen (secondary N) is 1. The predicted molar refractivity (Wildman–Crippen MR) is 114 cm³/mol. The number of fused-ring (bicyclic) bond motifs is 1. The van der Waals surface area contributed by atoms with Crippen LogP contribution >= 0.6 is 0 Å². The Morgan fingerprint density at radius 1 is 1.00 bits per heavy atom. The molecule has 1 amide bonds. The number of carbonyl (C=O) groups is 1. The molecular formula is C22H25N3O3S. The molecule has 4 rings (SSSR count). The van der Waals surface area contributed by atoms with Crippen LogP contribution in [-0.4, -0.2) is 38.2 Å². The van der Waals surface area contributed by atoms with Gasteiger partial charge >= 0.3 is 0 Å². The Morgan fingerprint density at radius 2 is 1.66 bits per heavy atom. The molecule has 0 atom stereocenters. The van der Waals surface area contributed by atoms with E-state index < -0.39 is 10.0 Å². The second kappa shape index (κ2) is 7.99. The first-order valence-corrected chi connectivity index (χ1v) is 11.5. The Morgan fingerprint density at radius 3 is 2.34 bits per heavy atom. The van der Waals surface area contributed by atoms with Crippen molar-refractivity contribution in [1.82, 2.24) is 4.90 Å². The lowest BCUT2D eigenvalue weighted by molar-refractivity contribution is 0.0717. The normalized spacial score (nSPS) is 18.4. The van der Waals surface area contributed by atoms with Gasteiger partial charge < -0.3 is 10.2 Å². The van der Waals surface area contributed by atoms with E-state index in [0.29, 0.717) is 28.7 Å². The van der Waals surface area contributed by atoms with E-state index in [4.69, 9.17) is 0 Å². The van der Waals surface area contributed by atoms with Crippen molar-refractivity contribution in [3.8, 4) is 0 Å². The molecule has 1 N–H and O–H groups in total. The van der Waals surface area contributed by atoms with Gasteiger partial charge in [-0.15, -0.1) is 4.40 Å². The molecule has 0 aromatic heterocycles. The first-order valence-electron chi connectivity index (χ1n) is 10.0. The molecule has 1 aliphatic heterocycles. The molecule has 152 valence electrons. The summed E-state index contributed by atoms with van der Waals surface area (Å²) in [7, 11) is -1.77. The first kappa shape index (κ1) is 19.6. The number of hydrogen-bond donors (Lipinski definition) is 1. The quantitative estimate of drug-likeness (QED) is 0.773. The molecule has 7 heteroatoms. The van der Waals surface area contributed by atoms with E-state index >= 15 is 0 Å². The van der Waals surface area contributed by atoms with Crippen LogP contribution < -0.4 is 5.32 Å². The van der Waals surface area contributed by atoms with E-state index in [-0.39, 0.29) is 10.8 Å². The molecule has 1 aliphatic carbocycles. The van der Waals surface area contributed by atoms with Crippen molar-refractivity contribution in [3.05, 3.63) is 59.7 Å². The van der Waals surface area contributed by atoms with Crippen molar-refractivity contribution in [2.45, 2.75) is 49.5 Å². The van der Waals surface area contributed by atoms with Crippen LogP contribution in [0, 0.1) is 0 Å². The highest BCUT2D eigenvalue weighted by molar-refractivity contribution is 7.90. The van der Waals surface area contributed by atoms with Crippen molar-refractivity contribution < 1.29 is 13.2 Å². The first-order chi connectivity index (χ1) is 14.0. The third-order valence-electron chi connectivity index (χ3n) is 5.72. The topological polar surface area (TPSA) is 78.8 Å². The fraction of sp³-hybridized carbons (Fsp3) is 0.364. The highest BCUT2D eigenvalue weighted by Crippen LogP contribution is 2.27. The third-order valence-corrected chi connectivity index (χ3v) is 7.05. The zero-order valence-corrected chi connectivity index (χ0v) is 17.3. The van der Waals surface area contributed by atoms with Crippen molar-refractivity contribution in [3.63, 3.8) is 0 Å². The van der Waals surface area contributed by atoms with E-state index in [0.717, 1.165) is 12.8 Å². The molecule has 2 aromatic rings. The maximum atomic E-state index is 12.9. The second-order valence-corrected chi connectivity index (χ2v) is 9.25. The Kier molecular flexibility index (Phi) is 5.41. The van der Waals surface area contributed by atoms with Gasteiger partial charge in [0, 0.05) is 29.9 Å². The van der Waals surface area contributed by atoms with Crippen molar-refractivity contribution in [1.29, 1.82) is 0 Å². The number of hydrogen-bond acceptors (Lipinski definition) is 4. The van der Waals surface area contributed by atoms with Crippen LogP contribution in [0.2, 0.25) is 0 Å². The predicted octanol–water partition coefficient (Wildman–Crippen LogP) is 4.04. The zero-order valence-electron chi connectivity index (χ0n) is 16.5. The van der Waals surface area contributed by atoms with E-state index in [2.05, 4.69) is 9.71 Å². The van der Waals surface area contributed by atoms with Crippen LogP contribution in [0.5, 0.6) is 0 Å². The fourth-order valence-corrected chi connectivity index (χ4v) is 5.22. The summed E-state index contributed by atoms with van der Waals surface area (Å²) in [6, 6.07) is 14.1. The van der Waals surface area contributed by atoms with Gasteiger partial charge in [0.1, 0.15) is 4.90 Å². The van der Waals surface area contributed by atoms with Gasteiger partial charge in [-0.05, 0) is 49.2 Å².